The third kappa shape index (κ3) is 14.9. The van der Waals surface area contributed by atoms with Gasteiger partial charge in [-0.05, 0) is 177 Å². The van der Waals surface area contributed by atoms with E-state index in [1.54, 1.807) is 0 Å². The van der Waals surface area contributed by atoms with Crippen LogP contribution in [-0.2, 0) is 65.0 Å². The molecule has 6 aromatic rings. The van der Waals surface area contributed by atoms with Gasteiger partial charge in [0, 0.05) is 20.9 Å². The molecular formula is C84H120S. The van der Waals surface area contributed by atoms with E-state index in [4.69, 9.17) is 0 Å². The number of hydrogen-bond acceptors (Lipinski definition) is 1. The first kappa shape index (κ1) is 69.8. The van der Waals surface area contributed by atoms with Gasteiger partial charge in [-0.3, -0.25) is 0 Å². The molecule has 0 nitrogen and oxygen atoms in total. The van der Waals surface area contributed by atoms with Crippen molar-refractivity contribution in [2.24, 2.45) is 0 Å². The van der Waals surface area contributed by atoms with Crippen molar-refractivity contribution in [3.05, 3.63) is 152 Å². The predicted octanol–water partition coefficient (Wildman–Crippen LogP) is 25.7. The van der Waals surface area contributed by atoms with Crippen LogP contribution in [0.2, 0.25) is 0 Å². The molecule has 0 unspecified atom stereocenters. The highest BCUT2D eigenvalue weighted by Gasteiger charge is 2.39. The molecule has 0 aliphatic carbocycles. The van der Waals surface area contributed by atoms with Crippen LogP contribution in [0.3, 0.4) is 0 Å². The molecular weight excluding hydrogens is 1040 g/mol. The molecule has 2 radical (unpaired) electrons. The van der Waals surface area contributed by atoms with Gasteiger partial charge in [0.1, 0.15) is 0 Å². The fourth-order valence-corrected chi connectivity index (χ4v) is 13.4. The smallest absolute Gasteiger partial charge is 0.0286 e. The monoisotopic (exact) mass is 1160 g/mol. The largest absolute Gasteiger partial charge is 0.0874 e. The second-order valence-corrected chi connectivity index (χ2v) is 39.1. The van der Waals surface area contributed by atoms with Crippen LogP contribution in [0.5, 0.6) is 0 Å². The van der Waals surface area contributed by atoms with Gasteiger partial charge in [0.2, 0.25) is 0 Å². The van der Waals surface area contributed by atoms with Crippen molar-refractivity contribution in [2.45, 2.75) is 324 Å². The lowest BCUT2D eigenvalue weighted by atomic mass is 9.68. The minimum absolute atomic E-state index is 0.0542. The Labute approximate surface area is 528 Å². The highest BCUT2D eigenvalue weighted by atomic mass is 32.2. The molecule has 0 N–H and O–H groups in total. The third-order valence-electron chi connectivity index (χ3n) is 17.6. The molecule has 0 bridgehead atoms. The molecule has 85 heavy (non-hydrogen) atoms. The van der Waals surface area contributed by atoms with Gasteiger partial charge in [-0.15, -0.1) is 0 Å². The Balaban J connectivity index is 2.08. The quantitative estimate of drug-likeness (QED) is 0.160. The first-order valence-corrected chi connectivity index (χ1v) is 33.2. The van der Waals surface area contributed by atoms with Gasteiger partial charge in [0.25, 0.3) is 0 Å². The molecule has 0 saturated carbocycles. The van der Waals surface area contributed by atoms with Gasteiger partial charge < -0.3 is 0 Å². The zero-order chi connectivity index (χ0) is 65.3. The van der Waals surface area contributed by atoms with E-state index in [0.717, 1.165) is 9.79 Å². The number of benzene rings is 6. The van der Waals surface area contributed by atoms with Crippen molar-refractivity contribution < 1.29 is 0 Å². The minimum Gasteiger partial charge on any atom is -0.0874 e. The van der Waals surface area contributed by atoms with Crippen LogP contribution in [0, 0.1) is 12.1 Å². The predicted molar refractivity (Wildman–Crippen MR) is 381 cm³/mol. The van der Waals surface area contributed by atoms with Gasteiger partial charge in [0.15, 0.2) is 0 Å². The van der Waals surface area contributed by atoms with E-state index >= 15 is 0 Å². The van der Waals surface area contributed by atoms with E-state index in [2.05, 4.69) is 334 Å². The Morgan fingerprint density at radius 3 is 0.529 bits per heavy atom. The fraction of sp³-hybridized carbons (Fsp3) is 0.571. The van der Waals surface area contributed by atoms with Gasteiger partial charge in [-0.25, -0.2) is 0 Å². The van der Waals surface area contributed by atoms with Gasteiger partial charge in [0.05, 0.1) is 0 Å². The van der Waals surface area contributed by atoms with Crippen molar-refractivity contribution in [2.75, 3.05) is 0 Å². The summed E-state index contributed by atoms with van der Waals surface area (Å²) in [5.41, 5.74) is 25.1. The third-order valence-corrected chi connectivity index (χ3v) is 18.7. The van der Waals surface area contributed by atoms with Crippen LogP contribution in [-0.4, -0.2) is 0 Å². The van der Waals surface area contributed by atoms with Crippen LogP contribution in [0.25, 0.3) is 44.5 Å². The molecule has 462 valence electrons. The first-order chi connectivity index (χ1) is 37.8. The summed E-state index contributed by atoms with van der Waals surface area (Å²) in [7, 11) is 0. The molecule has 0 heterocycles. The van der Waals surface area contributed by atoms with E-state index < -0.39 is 0 Å². The standard InChI is InChI=1S/C84H120S/c1-73(2,3)51-43-57(77(13,14)15)67(58(44-51)78(16,17)18)55-39-37-41-65(69(55)71-61(81(25,26)27)47-53(75(7,8)9)48-62(71)82(28,29)30)85-66-42-38-40-56(68-59(79(19,20)21)45-52(74(4,5)6)46-60(68)80(22,23)24)70(66)72-63(83(31,32)33)49-54(76(10,11)12)50-64(72)84(34,35)36/h37-40,43-50H,1-36H3. The number of hydrogen-bond donors (Lipinski definition) is 0. The maximum atomic E-state index is 4.14. The van der Waals surface area contributed by atoms with Crippen molar-refractivity contribution in [3.8, 4) is 44.5 Å². The summed E-state index contributed by atoms with van der Waals surface area (Å²) < 4.78 is 0. The summed E-state index contributed by atoms with van der Waals surface area (Å²) in [5, 5.41) is 0. The lowest BCUT2D eigenvalue weighted by Crippen LogP contribution is -2.24. The van der Waals surface area contributed by atoms with Crippen molar-refractivity contribution in [3.63, 3.8) is 0 Å². The average Bonchev–Trinajstić information content (AvgIpc) is 0.826. The summed E-state index contributed by atoms with van der Waals surface area (Å²) in [5.74, 6) is 0. The molecule has 6 rings (SSSR count). The molecule has 0 aliphatic heterocycles. The average molecular weight is 1160 g/mol. The summed E-state index contributed by atoms with van der Waals surface area (Å²) in [6.45, 7) is 87.0. The molecule has 0 atom stereocenters. The van der Waals surface area contributed by atoms with Crippen molar-refractivity contribution in [1.29, 1.82) is 0 Å². The Morgan fingerprint density at radius 2 is 0.376 bits per heavy atom. The molecule has 0 fully saturated rings. The topological polar surface area (TPSA) is 0 Å². The van der Waals surface area contributed by atoms with Crippen LogP contribution in [0.15, 0.2) is 82.6 Å². The Kier molecular flexibility index (Phi) is 18.3. The molecule has 0 aromatic heterocycles. The Bertz CT molecular complexity index is 3080. The molecule has 1 heteroatoms. The zero-order valence-electron chi connectivity index (χ0n) is 61.3. The molecule has 6 aromatic carbocycles. The fourth-order valence-electron chi connectivity index (χ4n) is 12.3. The molecule has 0 aliphatic rings. The minimum atomic E-state index is -0.220. The summed E-state index contributed by atoms with van der Waals surface area (Å²) >= 11 is 1.90. The second-order valence-electron chi connectivity index (χ2n) is 38.1. The highest BCUT2D eigenvalue weighted by molar-refractivity contribution is 7.99. The number of rotatable bonds is 6. The van der Waals surface area contributed by atoms with Crippen LogP contribution < -0.4 is 0 Å². The van der Waals surface area contributed by atoms with Crippen LogP contribution >= 0.6 is 11.8 Å². The lowest BCUT2D eigenvalue weighted by molar-refractivity contribution is 0.548. The molecule has 0 amide bonds. The van der Waals surface area contributed by atoms with E-state index in [9.17, 15) is 0 Å². The molecule has 0 saturated heterocycles. The van der Waals surface area contributed by atoms with Crippen LogP contribution in [0.4, 0.5) is 0 Å². The normalized spacial score (nSPS) is 14.2. The summed E-state index contributed by atoms with van der Waals surface area (Å²) in [4.78, 5) is 2.25. The van der Waals surface area contributed by atoms with Gasteiger partial charge >= 0.3 is 0 Å². The van der Waals surface area contributed by atoms with Crippen molar-refractivity contribution in [1.82, 2.24) is 0 Å². The summed E-state index contributed by atoms with van der Waals surface area (Å²) in [6.07, 6.45) is 0. The van der Waals surface area contributed by atoms with Gasteiger partial charge in [-0.1, -0.05) is 334 Å². The maximum Gasteiger partial charge on any atom is 0.0286 e. The zero-order valence-corrected chi connectivity index (χ0v) is 62.2. The van der Waals surface area contributed by atoms with Crippen molar-refractivity contribution >= 4 is 11.8 Å². The second kappa shape index (κ2) is 22.3. The maximum absolute atomic E-state index is 4.14. The van der Waals surface area contributed by atoms with E-state index in [-0.39, 0.29) is 65.0 Å². The van der Waals surface area contributed by atoms with E-state index in [1.807, 2.05) is 11.8 Å². The first-order valence-electron chi connectivity index (χ1n) is 32.3. The van der Waals surface area contributed by atoms with E-state index in [1.165, 1.54) is 111 Å². The SMILES string of the molecule is CC(C)(C)c1cc(C(C)(C)C)c(-c2cc[c]c(Sc3[c]ccc(-c4c(C(C)(C)C)cc(C(C)(C)C)cc4C(C)(C)C)c3-c3c(C(C)(C)C)cc(C(C)(C)C)cc3C(C)(C)C)c2-c2c(C(C)(C)C)cc(C(C)(C)C)cc2C(C)(C)C)c(C(C)(C)C)c1. The Hall–Kier alpha value is -4.33. The molecule has 0 spiro atoms. The van der Waals surface area contributed by atoms with Gasteiger partial charge in [-0.2, -0.15) is 0 Å². The lowest BCUT2D eigenvalue weighted by Gasteiger charge is -2.38. The Morgan fingerprint density at radius 1 is 0.212 bits per heavy atom. The van der Waals surface area contributed by atoms with Crippen LogP contribution in [0.1, 0.15) is 316 Å². The highest BCUT2D eigenvalue weighted by Crippen LogP contribution is 2.58. The van der Waals surface area contributed by atoms with E-state index in [0.29, 0.717) is 0 Å². The summed E-state index contributed by atoms with van der Waals surface area (Å²) in [6, 6.07) is 38.3.